The van der Waals surface area contributed by atoms with E-state index in [1.165, 1.54) is 52.6 Å². The maximum atomic E-state index is 12.9. The van der Waals surface area contributed by atoms with E-state index in [1.807, 2.05) is 23.3 Å². The number of nitrogens with one attached hydrogen (secondary N) is 1. The summed E-state index contributed by atoms with van der Waals surface area (Å²) >= 11 is 1.86. The molecule has 2 heterocycles. The van der Waals surface area contributed by atoms with Gasteiger partial charge in [0.25, 0.3) is 0 Å². The Bertz CT molecular complexity index is 717. The van der Waals surface area contributed by atoms with Crippen LogP contribution in [0.3, 0.4) is 0 Å². The molecular weight excluding hydrogens is 304 g/mol. The molecule has 3 nitrogen and oxygen atoms in total. The zero-order valence-corrected chi connectivity index (χ0v) is 14.5. The quantitative estimate of drug-likeness (QED) is 0.911. The van der Waals surface area contributed by atoms with Crippen molar-refractivity contribution >= 4 is 27.3 Å². The smallest absolute Gasteiger partial charge is 0.240 e. The number of hydrogen-bond acceptors (Lipinski definition) is 3. The Kier molecular flexibility index (Phi) is 4.12. The second kappa shape index (κ2) is 6.25. The van der Waals surface area contributed by atoms with Crippen LogP contribution in [0.15, 0.2) is 24.3 Å². The van der Waals surface area contributed by atoms with E-state index >= 15 is 0 Å². The van der Waals surface area contributed by atoms with Gasteiger partial charge in [0, 0.05) is 29.2 Å². The molecule has 1 atom stereocenters. The molecular formula is C19H24N2OS. The number of amides is 1. The van der Waals surface area contributed by atoms with Crippen LogP contribution >= 0.6 is 11.3 Å². The summed E-state index contributed by atoms with van der Waals surface area (Å²) < 4.78 is 1.34. The number of benzene rings is 1. The first-order chi connectivity index (χ1) is 11.2. The number of hydrogen-bond donors (Lipinski definition) is 1. The second-order valence-corrected chi connectivity index (χ2v) is 8.02. The van der Waals surface area contributed by atoms with Crippen molar-refractivity contribution in [1.82, 2.24) is 10.2 Å². The van der Waals surface area contributed by atoms with Gasteiger partial charge in [-0.15, -0.1) is 11.3 Å². The maximum absolute atomic E-state index is 12.9. The fraction of sp³-hybridized carbons (Fsp3) is 0.526. The molecule has 1 saturated carbocycles. The van der Waals surface area contributed by atoms with Crippen molar-refractivity contribution in [3.63, 3.8) is 0 Å². The molecule has 1 aliphatic heterocycles. The van der Waals surface area contributed by atoms with Gasteiger partial charge in [0.2, 0.25) is 5.91 Å². The van der Waals surface area contributed by atoms with Gasteiger partial charge in [-0.3, -0.25) is 4.79 Å². The van der Waals surface area contributed by atoms with Crippen molar-refractivity contribution in [2.75, 3.05) is 7.05 Å². The molecule has 4 heteroatoms. The predicted octanol–water partition coefficient (Wildman–Crippen LogP) is 3.71. The van der Waals surface area contributed by atoms with Gasteiger partial charge in [0.15, 0.2) is 0 Å². The molecule has 1 fully saturated rings. The molecule has 1 aliphatic carbocycles. The summed E-state index contributed by atoms with van der Waals surface area (Å²) in [5, 5.41) is 4.82. The van der Waals surface area contributed by atoms with Crippen molar-refractivity contribution in [3.8, 4) is 0 Å². The van der Waals surface area contributed by atoms with Gasteiger partial charge in [0.1, 0.15) is 0 Å². The maximum Gasteiger partial charge on any atom is 0.240 e. The summed E-state index contributed by atoms with van der Waals surface area (Å²) in [6.07, 6.45) is 7.02. The average Bonchev–Trinajstić information content (AvgIpc) is 2.99. The van der Waals surface area contributed by atoms with Crippen molar-refractivity contribution in [2.24, 2.45) is 0 Å². The summed E-state index contributed by atoms with van der Waals surface area (Å²) in [4.78, 5) is 16.4. The van der Waals surface area contributed by atoms with Crippen LogP contribution in [0.1, 0.15) is 42.5 Å². The number of likely N-dealkylation sites (N-methyl/N-ethyl adjacent to an activating group) is 1. The van der Waals surface area contributed by atoms with Gasteiger partial charge in [-0.05, 0) is 36.3 Å². The van der Waals surface area contributed by atoms with E-state index in [4.69, 9.17) is 0 Å². The van der Waals surface area contributed by atoms with Crippen LogP contribution < -0.4 is 5.32 Å². The first-order valence-corrected chi connectivity index (χ1v) is 9.55. The molecule has 4 rings (SSSR count). The molecule has 122 valence electrons. The first-order valence-electron chi connectivity index (χ1n) is 8.73. The number of carbonyl (C=O) groups is 1. The highest BCUT2D eigenvalue weighted by molar-refractivity contribution is 7.19. The largest absolute Gasteiger partial charge is 0.341 e. The van der Waals surface area contributed by atoms with Crippen LogP contribution in [0, 0.1) is 0 Å². The lowest BCUT2D eigenvalue weighted by Gasteiger charge is -2.35. The van der Waals surface area contributed by atoms with Crippen LogP contribution in [0.2, 0.25) is 0 Å². The molecule has 1 aromatic carbocycles. The number of carbonyl (C=O) groups excluding carboxylic acids is 1. The average molecular weight is 328 g/mol. The van der Waals surface area contributed by atoms with E-state index in [9.17, 15) is 4.79 Å². The third-order valence-corrected chi connectivity index (χ3v) is 6.68. The predicted molar refractivity (Wildman–Crippen MR) is 95.8 cm³/mol. The van der Waals surface area contributed by atoms with Crippen LogP contribution in [0.4, 0.5) is 0 Å². The van der Waals surface area contributed by atoms with Gasteiger partial charge >= 0.3 is 0 Å². The van der Waals surface area contributed by atoms with Crippen LogP contribution in [0.5, 0.6) is 0 Å². The zero-order chi connectivity index (χ0) is 15.8. The summed E-state index contributed by atoms with van der Waals surface area (Å²) in [7, 11) is 2.00. The Balaban J connectivity index is 1.53. The zero-order valence-electron chi connectivity index (χ0n) is 13.7. The molecule has 0 radical (unpaired) electrons. The SMILES string of the molecule is CN(C(=O)[C@H]1Cc2c(sc3ccccc23)CN1)C1CCCCC1. The van der Waals surface area contributed by atoms with Gasteiger partial charge < -0.3 is 10.2 Å². The Labute approximate surface area is 141 Å². The minimum Gasteiger partial charge on any atom is -0.341 e. The fourth-order valence-corrected chi connectivity index (χ4v) is 5.26. The lowest BCUT2D eigenvalue weighted by Crippen LogP contribution is -2.51. The molecule has 1 amide bonds. The van der Waals surface area contributed by atoms with E-state index in [0.717, 1.165) is 13.0 Å². The van der Waals surface area contributed by atoms with Crippen LogP contribution in [0.25, 0.3) is 10.1 Å². The van der Waals surface area contributed by atoms with Crippen LogP contribution in [-0.4, -0.2) is 29.9 Å². The van der Waals surface area contributed by atoms with E-state index < -0.39 is 0 Å². The van der Waals surface area contributed by atoms with Gasteiger partial charge in [0.05, 0.1) is 6.04 Å². The monoisotopic (exact) mass is 328 g/mol. The lowest BCUT2D eigenvalue weighted by atomic mass is 9.93. The molecule has 1 N–H and O–H groups in total. The van der Waals surface area contributed by atoms with Gasteiger partial charge in [-0.2, -0.15) is 0 Å². The fourth-order valence-electron chi connectivity index (χ4n) is 4.08. The highest BCUT2D eigenvalue weighted by atomic mass is 32.1. The van der Waals surface area contributed by atoms with Crippen molar-refractivity contribution in [1.29, 1.82) is 0 Å². The van der Waals surface area contributed by atoms with Crippen molar-refractivity contribution in [2.45, 2.75) is 57.2 Å². The summed E-state index contributed by atoms with van der Waals surface area (Å²) in [6.45, 7) is 0.823. The van der Waals surface area contributed by atoms with Gasteiger partial charge in [-0.1, -0.05) is 37.5 Å². The highest BCUT2D eigenvalue weighted by Gasteiger charge is 2.31. The lowest BCUT2D eigenvalue weighted by molar-refractivity contribution is -0.135. The third kappa shape index (κ3) is 2.79. The first kappa shape index (κ1) is 15.2. The summed E-state index contributed by atoms with van der Waals surface area (Å²) in [5.74, 6) is 0.276. The van der Waals surface area contributed by atoms with E-state index in [1.54, 1.807) is 0 Å². The minimum absolute atomic E-state index is 0.0626. The molecule has 2 aliphatic rings. The number of fused-ring (bicyclic) bond motifs is 3. The second-order valence-electron chi connectivity index (χ2n) is 6.88. The normalized spacial score (nSPS) is 22.0. The standard InChI is InChI=1S/C19H24N2OS/c1-21(13-7-3-2-4-8-13)19(22)16-11-15-14-9-5-6-10-17(14)23-18(15)12-20-16/h5-6,9-10,13,16,20H,2-4,7-8,11-12H2,1H3/t16-/m1/s1. The van der Waals surface area contributed by atoms with Crippen molar-refractivity contribution < 1.29 is 4.79 Å². The minimum atomic E-state index is -0.0626. The summed E-state index contributed by atoms with van der Waals surface area (Å²) in [6, 6.07) is 8.96. The molecule has 1 aromatic heterocycles. The Hall–Kier alpha value is -1.39. The number of nitrogens with zero attached hydrogens (tertiary/aromatic N) is 1. The highest BCUT2D eigenvalue weighted by Crippen LogP contribution is 2.34. The topological polar surface area (TPSA) is 32.3 Å². The Morgan fingerprint density at radius 2 is 2.00 bits per heavy atom. The van der Waals surface area contributed by atoms with Crippen LogP contribution in [-0.2, 0) is 17.8 Å². The Morgan fingerprint density at radius 1 is 1.22 bits per heavy atom. The van der Waals surface area contributed by atoms with Crippen molar-refractivity contribution in [3.05, 3.63) is 34.7 Å². The molecule has 0 saturated heterocycles. The molecule has 0 unspecified atom stereocenters. The summed E-state index contributed by atoms with van der Waals surface area (Å²) in [5.41, 5.74) is 1.39. The molecule has 2 aromatic rings. The number of rotatable bonds is 2. The van der Waals surface area contributed by atoms with Gasteiger partial charge in [-0.25, -0.2) is 0 Å². The molecule has 0 spiro atoms. The van der Waals surface area contributed by atoms with E-state index in [0.29, 0.717) is 6.04 Å². The third-order valence-electron chi connectivity index (χ3n) is 5.47. The molecule has 23 heavy (non-hydrogen) atoms. The Morgan fingerprint density at radius 3 is 2.83 bits per heavy atom. The molecule has 0 bridgehead atoms. The van der Waals surface area contributed by atoms with E-state index in [-0.39, 0.29) is 11.9 Å². The van der Waals surface area contributed by atoms with E-state index in [2.05, 4.69) is 29.6 Å². The number of thiophene rings is 1.